The molecule has 0 bridgehead atoms. The second-order valence-electron chi connectivity index (χ2n) is 5.79. The summed E-state index contributed by atoms with van der Waals surface area (Å²) in [5.41, 5.74) is 1.11. The van der Waals surface area contributed by atoms with Crippen molar-refractivity contribution in [2.24, 2.45) is 0 Å². The Morgan fingerprint density at radius 1 is 1.17 bits per heavy atom. The van der Waals surface area contributed by atoms with Gasteiger partial charge < -0.3 is 14.1 Å². The molecule has 5 nitrogen and oxygen atoms in total. The van der Waals surface area contributed by atoms with E-state index in [0.29, 0.717) is 19.6 Å². The molecule has 0 spiro atoms. The molecule has 0 aliphatic carbocycles. The Bertz CT molecular complexity index is 651. The predicted molar refractivity (Wildman–Crippen MR) is 89.2 cm³/mol. The number of rotatable bonds is 7. The summed E-state index contributed by atoms with van der Waals surface area (Å²) in [6.45, 7) is 3.43. The number of amides is 1. The van der Waals surface area contributed by atoms with Crippen LogP contribution < -0.4 is 4.74 Å². The van der Waals surface area contributed by atoms with Crippen LogP contribution in [0.2, 0.25) is 0 Å². The van der Waals surface area contributed by atoms with Crippen LogP contribution in [0.15, 0.2) is 40.8 Å². The van der Waals surface area contributed by atoms with Crippen molar-refractivity contribution in [3.63, 3.8) is 0 Å². The first-order valence-electron chi connectivity index (χ1n) is 7.58. The fraction of sp³-hybridized carbons (Fsp3) is 0.389. The van der Waals surface area contributed by atoms with E-state index in [1.807, 2.05) is 55.3 Å². The molecule has 124 valence electrons. The number of carbonyl (C=O) groups excluding carboxylic acids is 1. The van der Waals surface area contributed by atoms with Crippen LogP contribution in [-0.2, 0) is 17.9 Å². The van der Waals surface area contributed by atoms with E-state index in [2.05, 4.69) is 0 Å². The van der Waals surface area contributed by atoms with Crippen molar-refractivity contribution in [1.29, 1.82) is 0 Å². The number of methoxy groups -OCH3 is 1. The monoisotopic (exact) mass is 316 g/mol. The summed E-state index contributed by atoms with van der Waals surface area (Å²) < 4.78 is 10.7. The summed E-state index contributed by atoms with van der Waals surface area (Å²) in [5, 5.41) is 0. The number of benzene rings is 1. The zero-order chi connectivity index (χ0) is 16.8. The summed E-state index contributed by atoms with van der Waals surface area (Å²) in [6, 6.07) is 11.7. The van der Waals surface area contributed by atoms with Crippen LogP contribution in [0.4, 0.5) is 0 Å². The van der Waals surface area contributed by atoms with Crippen molar-refractivity contribution >= 4 is 5.91 Å². The molecule has 5 heteroatoms. The highest BCUT2D eigenvalue weighted by atomic mass is 16.5. The Kier molecular flexibility index (Phi) is 5.82. The Hall–Kier alpha value is -2.27. The van der Waals surface area contributed by atoms with E-state index in [4.69, 9.17) is 9.15 Å². The van der Waals surface area contributed by atoms with Gasteiger partial charge in [-0.1, -0.05) is 12.1 Å². The minimum atomic E-state index is 0.0597. The van der Waals surface area contributed by atoms with Crippen LogP contribution in [-0.4, -0.2) is 43.5 Å². The van der Waals surface area contributed by atoms with Crippen molar-refractivity contribution in [2.45, 2.75) is 20.0 Å². The maximum absolute atomic E-state index is 12.3. The molecule has 1 aromatic heterocycles. The van der Waals surface area contributed by atoms with Gasteiger partial charge in [-0.15, -0.1) is 0 Å². The molecule has 2 rings (SSSR count). The summed E-state index contributed by atoms with van der Waals surface area (Å²) in [4.78, 5) is 16.0. The van der Waals surface area contributed by atoms with Gasteiger partial charge in [0.1, 0.15) is 17.3 Å². The fourth-order valence-corrected chi connectivity index (χ4v) is 2.38. The van der Waals surface area contributed by atoms with Gasteiger partial charge in [0, 0.05) is 13.6 Å². The highest BCUT2D eigenvalue weighted by Crippen LogP contribution is 2.14. The minimum absolute atomic E-state index is 0.0597. The Labute approximate surface area is 137 Å². The molecule has 0 N–H and O–H groups in total. The molecule has 0 aliphatic rings. The molecule has 23 heavy (non-hydrogen) atoms. The normalized spacial score (nSPS) is 10.8. The average molecular weight is 316 g/mol. The Morgan fingerprint density at radius 3 is 2.61 bits per heavy atom. The number of likely N-dealkylation sites (N-methyl/N-ethyl adjacent to an activating group) is 2. The van der Waals surface area contributed by atoms with Crippen LogP contribution in [0.5, 0.6) is 5.75 Å². The van der Waals surface area contributed by atoms with Crippen molar-refractivity contribution < 1.29 is 13.9 Å². The van der Waals surface area contributed by atoms with Gasteiger partial charge in [0.25, 0.3) is 0 Å². The van der Waals surface area contributed by atoms with E-state index in [1.54, 1.807) is 19.1 Å². The van der Waals surface area contributed by atoms with Gasteiger partial charge in [0.2, 0.25) is 5.91 Å². The first kappa shape index (κ1) is 17.1. The lowest BCUT2D eigenvalue weighted by Crippen LogP contribution is -2.35. The Morgan fingerprint density at radius 2 is 1.96 bits per heavy atom. The minimum Gasteiger partial charge on any atom is -0.497 e. The molecular formula is C18H24N2O3. The van der Waals surface area contributed by atoms with Gasteiger partial charge in [-0.25, -0.2) is 0 Å². The third kappa shape index (κ3) is 5.14. The standard InChI is InChI=1S/C18H24N2O3/c1-14-8-9-17(23-14)12-20(3)18(21)13-19(2)11-15-6-5-7-16(10-15)22-4/h5-10H,11-13H2,1-4H3. The number of aryl methyl sites for hydroxylation is 1. The zero-order valence-electron chi connectivity index (χ0n) is 14.2. The van der Waals surface area contributed by atoms with Gasteiger partial charge in [-0.2, -0.15) is 0 Å². The lowest BCUT2D eigenvalue weighted by Gasteiger charge is -2.21. The molecule has 0 aliphatic heterocycles. The lowest BCUT2D eigenvalue weighted by molar-refractivity contribution is -0.131. The van der Waals surface area contributed by atoms with Gasteiger partial charge in [-0.3, -0.25) is 9.69 Å². The van der Waals surface area contributed by atoms with E-state index in [9.17, 15) is 4.79 Å². The molecule has 0 fully saturated rings. The summed E-state index contributed by atoms with van der Waals surface area (Å²) >= 11 is 0. The topological polar surface area (TPSA) is 45.9 Å². The maximum atomic E-state index is 12.3. The van der Waals surface area contributed by atoms with E-state index in [0.717, 1.165) is 22.8 Å². The van der Waals surface area contributed by atoms with Gasteiger partial charge in [0.05, 0.1) is 20.2 Å². The number of nitrogens with zero attached hydrogens (tertiary/aromatic N) is 2. The van der Waals surface area contributed by atoms with E-state index >= 15 is 0 Å². The molecule has 1 amide bonds. The number of hydrogen-bond acceptors (Lipinski definition) is 4. The van der Waals surface area contributed by atoms with Gasteiger partial charge in [0.15, 0.2) is 0 Å². The van der Waals surface area contributed by atoms with Crippen molar-refractivity contribution in [3.8, 4) is 5.75 Å². The first-order chi connectivity index (χ1) is 11.0. The molecular weight excluding hydrogens is 292 g/mol. The molecule has 1 aromatic carbocycles. The highest BCUT2D eigenvalue weighted by Gasteiger charge is 2.14. The molecule has 0 saturated carbocycles. The van der Waals surface area contributed by atoms with Crippen molar-refractivity contribution in [2.75, 3.05) is 27.7 Å². The molecule has 1 heterocycles. The van der Waals surface area contributed by atoms with E-state index in [1.165, 1.54) is 0 Å². The van der Waals surface area contributed by atoms with Crippen LogP contribution in [0.25, 0.3) is 0 Å². The van der Waals surface area contributed by atoms with E-state index in [-0.39, 0.29) is 5.91 Å². The van der Waals surface area contributed by atoms with Crippen LogP contribution in [0.1, 0.15) is 17.1 Å². The summed E-state index contributed by atoms with van der Waals surface area (Å²) in [5.74, 6) is 2.54. The summed E-state index contributed by atoms with van der Waals surface area (Å²) in [6.07, 6.45) is 0. The van der Waals surface area contributed by atoms with Crippen molar-refractivity contribution in [3.05, 3.63) is 53.5 Å². The Balaban J connectivity index is 1.85. The van der Waals surface area contributed by atoms with Crippen LogP contribution in [0.3, 0.4) is 0 Å². The SMILES string of the molecule is COc1cccc(CN(C)CC(=O)N(C)Cc2ccc(C)o2)c1. The number of ether oxygens (including phenoxy) is 1. The summed E-state index contributed by atoms with van der Waals surface area (Å²) in [7, 11) is 5.37. The van der Waals surface area contributed by atoms with Crippen molar-refractivity contribution in [1.82, 2.24) is 9.80 Å². The third-order valence-electron chi connectivity index (χ3n) is 3.61. The number of carbonyl (C=O) groups is 1. The predicted octanol–water partition coefficient (Wildman–Crippen LogP) is 2.69. The molecule has 0 unspecified atom stereocenters. The molecule has 0 saturated heterocycles. The first-order valence-corrected chi connectivity index (χ1v) is 7.58. The zero-order valence-corrected chi connectivity index (χ0v) is 14.2. The smallest absolute Gasteiger partial charge is 0.236 e. The highest BCUT2D eigenvalue weighted by molar-refractivity contribution is 5.77. The lowest BCUT2D eigenvalue weighted by atomic mass is 10.2. The quantitative estimate of drug-likeness (QED) is 0.788. The molecule has 0 atom stereocenters. The van der Waals surface area contributed by atoms with Gasteiger partial charge >= 0.3 is 0 Å². The second kappa shape index (κ2) is 7.83. The van der Waals surface area contributed by atoms with Gasteiger partial charge in [-0.05, 0) is 43.8 Å². The third-order valence-corrected chi connectivity index (χ3v) is 3.61. The van der Waals surface area contributed by atoms with Crippen LogP contribution in [0, 0.1) is 6.92 Å². The average Bonchev–Trinajstić information content (AvgIpc) is 2.92. The number of hydrogen-bond donors (Lipinski definition) is 0. The number of furan rings is 1. The fourth-order valence-electron chi connectivity index (χ4n) is 2.38. The molecule has 0 radical (unpaired) electrons. The van der Waals surface area contributed by atoms with E-state index < -0.39 is 0 Å². The second-order valence-corrected chi connectivity index (χ2v) is 5.79. The maximum Gasteiger partial charge on any atom is 0.236 e. The largest absolute Gasteiger partial charge is 0.497 e. The molecule has 2 aromatic rings. The van der Waals surface area contributed by atoms with Crippen LogP contribution >= 0.6 is 0 Å².